The molecule has 1 aliphatic rings. The van der Waals surface area contributed by atoms with E-state index in [1.165, 1.54) is 38.4 Å². The van der Waals surface area contributed by atoms with Crippen LogP contribution in [-0.4, -0.2) is 44.2 Å². The predicted octanol–water partition coefficient (Wildman–Crippen LogP) is 5.78. The van der Waals surface area contributed by atoms with Gasteiger partial charge in [-0.3, -0.25) is 14.5 Å². The third-order valence-corrected chi connectivity index (χ3v) is 6.37. The van der Waals surface area contributed by atoms with E-state index in [1.807, 2.05) is 13.8 Å². The standard InChI is InChI=1S/C29H28ClNO7/c1-16(2)38-19-11-9-17(10-12-19)26-25(27(32)21-14-22(30)24(37-5)15-23(21)36-4)28(33)29(34)31(26)18-7-6-8-20(13-18)35-3/h6-16,26,32H,1-5H3/b27-25+. The molecule has 0 radical (unpaired) electrons. The monoisotopic (exact) mass is 537 g/mol. The number of anilines is 1. The summed E-state index contributed by atoms with van der Waals surface area (Å²) in [5, 5.41) is 11.7. The Hall–Kier alpha value is -4.17. The first kappa shape index (κ1) is 26.9. The smallest absolute Gasteiger partial charge is 0.300 e. The molecule has 1 amide bonds. The van der Waals surface area contributed by atoms with Crippen LogP contribution in [0.25, 0.3) is 5.76 Å². The highest BCUT2D eigenvalue weighted by Crippen LogP contribution is 2.45. The lowest BCUT2D eigenvalue weighted by atomic mass is 9.94. The van der Waals surface area contributed by atoms with Crippen molar-refractivity contribution in [2.45, 2.75) is 26.0 Å². The number of Topliss-reactive ketones (excluding diaryl/α,β-unsaturated/α-hetero) is 1. The zero-order valence-electron chi connectivity index (χ0n) is 21.7. The van der Waals surface area contributed by atoms with Gasteiger partial charge in [0.2, 0.25) is 0 Å². The second-order valence-electron chi connectivity index (χ2n) is 8.79. The van der Waals surface area contributed by atoms with Crippen molar-refractivity contribution in [1.29, 1.82) is 0 Å². The lowest BCUT2D eigenvalue weighted by molar-refractivity contribution is -0.132. The fourth-order valence-electron chi connectivity index (χ4n) is 4.37. The van der Waals surface area contributed by atoms with Crippen LogP contribution in [0.1, 0.15) is 31.0 Å². The molecule has 1 aliphatic heterocycles. The Morgan fingerprint density at radius 2 is 1.58 bits per heavy atom. The van der Waals surface area contributed by atoms with Crippen LogP contribution in [0.5, 0.6) is 23.0 Å². The Morgan fingerprint density at radius 3 is 2.18 bits per heavy atom. The Balaban J connectivity index is 1.95. The number of benzene rings is 3. The Labute approximate surface area is 225 Å². The van der Waals surface area contributed by atoms with Gasteiger partial charge >= 0.3 is 0 Å². The summed E-state index contributed by atoms with van der Waals surface area (Å²) in [5.41, 5.74) is 1.04. The molecule has 198 valence electrons. The molecular formula is C29H28ClNO7. The maximum absolute atomic E-state index is 13.5. The molecule has 0 aromatic heterocycles. The number of hydrogen-bond acceptors (Lipinski definition) is 7. The largest absolute Gasteiger partial charge is 0.507 e. The van der Waals surface area contributed by atoms with E-state index < -0.39 is 23.5 Å². The van der Waals surface area contributed by atoms with Gasteiger partial charge in [-0.2, -0.15) is 0 Å². The summed E-state index contributed by atoms with van der Waals surface area (Å²) < 4.78 is 21.8. The number of amides is 1. The summed E-state index contributed by atoms with van der Waals surface area (Å²) in [6.07, 6.45) is -0.0319. The molecule has 4 rings (SSSR count). The van der Waals surface area contributed by atoms with Crippen LogP contribution in [-0.2, 0) is 9.59 Å². The molecule has 1 heterocycles. The lowest BCUT2D eigenvalue weighted by Crippen LogP contribution is -2.29. The van der Waals surface area contributed by atoms with Crippen LogP contribution in [0.3, 0.4) is 0 Å². The molecule has 0 aliphatic carbocycles. The van der Waals surface area contributed by atoms with Crippen LogP contribution in [0.15, 0.2) is 66.2 Å². The quantitative estimate of drug-likeness (QED) is 0.221. The third kappa shape index (κ3) is 4.99. The van der Waals surface area contributed by atoms with Gasteiger partial charge in [0.25, 0.3) is 11.7 Å². The van der Waals surface area contributed by atoms with Gasteiger partial charge in [-0.1, -0.05) is 29.8 Å². The molecule has 3 aromatic rings. The van der Waals surface area contributed by atoms with Gasteiger partial charge in [-0.15, -0.1) is 0 Å². The van der Waals surface area contributed by atoms with E-state index in [1.54, 1.807) is 48.5 Å². The first-order chi connectivity index (χ1) is 18.2. The van der Waals surface area contributed by atoms with E-state index in [-0.39, 0.29) is 28.0 Å². The number of hydrogen-bond donors (Lipinski definition) is 1. The van der Waals surface area contributed by atoms with Crippen LogP contribution in [0, 0.1) is 0 Å². The molecule has 1 unspecified atom stereocenters. The first-order valence-corrected chi connectivity index (χ1v) is 12.2. The molecule has 1 N–H and O–H groups in total. The van der Waals surface area contributed by atoms with E-state index in [4.69, 9.17) is 30.5 Å². The minimum atomic E-state index is -0.958. The highest BCUT2D eigenvalue weighted by Gasteiger charge is 2.47. The van der Waals surface area contributed by atoms with Gasteiger partial charge in [0.1, 0.15) is 28.8 Å². The van der Waals surface area contributed by atoms with Crippen molar-refractivity contribution in [3.8, 4) is 23.0 Å². The molecule has 1 atom stereocenters. The van der Waals surface area contributed by atoms with Crippen molar-refractivity contribution in [2.75, 3.05) is 26.2 Å². The molecule has 38 heavy (non-hydrogen) atoms. The zero-order valence-corrected chi connectivity index (χ0v) is 22.4. The maximum Gasteiger partial charge on any atom is 0.300 e. The molecule has 0 saturated carbocycles. The van der Waals surface area contributed by atoms with Crippen molar-refractivity contribution in [2.24, 2.45) is 0 Å². The van der Waals surface area contributed by atoms with Crippen molar-refractivity contribution in [3.05, 3.63) is 82.4 Å². The van der Waals surface area contributed by atoms with Gasteiger partial charge in [0.15, 0.2) is 0 Å². The van der Waals surface area contributed by atoms with E-state index in [0.29, 0.717) is 28.5 Å². The summed E-state index contributed by atoms with van der Waals surface area (Å²) in [5.74, 6) is -0.400. The van der Waals surface area contributed by atoms with Crippen molar-refractivity contribution < 1.29 is 33.6 Å². The highest BCUT2D eigenvalue weighted by atomic mass is 35.5. The predicted molar refractivity (Wildman–Crippen MR) is 145 cm³/mol. The Morgan fingerprint density at radius 1 is 0.895 bits per heavy atom. The Kier molecular flexibility index (Phi) is 7.83. The van der Waals surface area contributed by atoms with Gasteiger partial charge in [-0.05, 0) is 49.7 Å². The number of methoxy groups -OCH3 is 3. The summed E-state index contributed by atoms with van der Waals surface area (Å²) in [6, 6.07) is 15.8. The average Bonchev–Trinajstić information content (AvgIpc) is 3.18. The fraction of sp³-hybridized carbons (Fsp3) is 0.241. The molecule has 8 nitrogen and oxygen atoms in total. The molecule has 1 fully saturated rings. The highest BCUT2D eigenvalue weighted by molar-refractivity contribution is 6.51. The second-order valence-corrected chi connectivity index (χ2v) is 9.20. The maximum atomic E-state index is 13.5. The number of ketones is 1. The average molecular weight is 538 g/mol. The van der Waals surface area contributed by atoms with Crippen LogP contribution in [0.2, 0.25) is 5.02 Å². The lowest BCUT2D eigenvalue weighted by Gasteiger charge is -2.26. The number of ether oxygens (including phenoxy) is 4. The first-order valence-electron chi connectivity index (χ1n) is 11.8. The van der Waals surface area contributed by atoms with E-state index in [2.05, 4.69) is 0 Å². The molecule has 0 bridgehead atoms. The third-order valence-electron chi connectivity index (χ3n) is 6.07. The number of rotatable bonds is 8. The molecule has 1 saturated heterocycles. The van der Waals surface area contributed by atoms with Gasteiger partial charge < -0.3 is 24.1 Å². The van der Waals surface area contributed by atoms with E-state index in [0.717, 1.165) is 0 Å². The number of aliphatic hydroxyl groups excluding tert-OH is 1. The number of carbonyl (C=O) groups excluding carboxylic acids is 2. The minimum Gasteiger partial charge on any atom is -0.507 e. The van der Waals surface area contributed by atoms with Gasteiger partial charge in [0, 0.05) is 17.8 Å². The van der Waals surface area contributed by atoms with Crippen LogP contribution in [0.4, 0.5) is 5.69 Å². The van der Waals surface area contributed by atoms with Crippen molar-refractivity contribution >= 4 is 34.7 Å². The number of carbonyl (C=O) groups is 2. The molecule has 0 spiro atoms. The van der Waals surface area contributed by atoms with E-state index in [9.17, 15) is 14.7 Å². The van der Waals surface area contributed by atoms with Crippen LogP contribution >= 0.6 is 11.6 Å². The summed E-state index contributed by atoms with van der Waals surface area (Å²) in [6.45, 7) is 3.83. The summed E-state index contributed by atoms with van der Waals surface area (Å²) in [4.78, 5) is 28.3. The second kappa shape index (κ2) is 11.1. The van der Waals surface area contributed by atoms with Crippen molar-refractivity contribution in [3.63, 3.8) is 0 Å². The summed E-state index contributed by atoms with van der Waals surface area (Å²) in [7, 11) is 4.38. The number of aliphatic hydroxyl groups is 1. The van der Waals surface area contributed by atoms with E-state index >= 15 is 0 Å². The summed E-state index contributed by atoms with van der Waals surface area (Å²) >= 11 is 6.34. The fourth-order valence-corrected chi connectivity index (χ4v) is 4.61. The SMILES string of the molecule is COc1cccc(N2C(=O)C(=O)/C(=C(/O)c3cc(Cl)c(OC)cc3OC)C2c2ccc(OC(C)C)cc2)c1. The molecular weight excluding hydrogens is 510 g/mol. The normalized spacial score (nSPS) is 16.6. The molecule has 3 aromatic carbocycles. The van der Waals surface area contributed by atoms with Crippen molar-refractivity contribution in [1.82, 2.24) is 0 Å². The number of halogens is 1. The Bertz CT molecular complexity index is 1400. The zero-order chi connectivity index (χ0) is 27.6. The van der Waals surface area contributed by atoms with Gasteiger partial charge in [-0.25, -0.2) is 0 Å². The van der Waals surface area contributed by atoms with Gasteiger partial charge in [0.05, 0.1) is 49.6 Å². The minimum absolute atomic E-state index is 0.0319. The number of nitrogens with zero attached hydrogens (tertiary/aromatic N) is 1. The topological polar surface area (TPSA) is 94.5 Å². The van der Waals surface area contributed by atoms with Crippen LogP contribution < -0.4 is 23.8 Å². The molecule has 9 heteroatoms.